The molecule has 2 fully saturated rings. The Hall–Kier alpha value is -1.73. The zero-order chi connectivity index (χ0) is 18.0. The molecule has 0 bridgehead atoms. The van der Waals surface area contributed by atoms with Crippen LogP contribution < -0.4 is 4.90 Å². The van der Waals surface area contributed by atoms with Crippen molar-refractivity contribution in [2.45, 2.75) is 32.2 Å². The van der Waals surface area contributed by atoms with Gasteiger partial charge in [0.05, 0.1) is 25.3 Å². The van der Waals surface area contributed by atoms with Gasteiger partial charge in [-0.15, -0.1) is 0 Å². The van der Waals surface area contributed by atoms with E-state index in [1.54, 1.807) is 0 Å². The van der Waals surface area contributed by atoms with Crippen molar-refractivity contribution < 1.29 is 9.53 Å². The molecule has 1 amide bonds. The van der Waals surface area contributed by atoms with Crippen LogP contribution in [0.2, 0.25) is 0 Å². The number of rotatable bonds is 4. The lowest BCUT2D eigenvalue weighted by atomic mass is 9.97. The number of morpholine rings is 1. The summed E-state index contributed by atoms with van der Waals surface area (Å²) in [6.45, 7) is 8.36. The van der Waals surface area contributed by atoms with Crippen molar-refractivity contribution >= 4 is 11.7 Å². The van der Waals surface area contributed by atoms with E-state index in [0.29, 0.717) is 19.8 Å². The molecule has 7 heteroatoms. The number of aryl methyl sites for hydroxylation is 1. The van der Waals surface area contributed by atoms with Crippen molar-refractivity contribution in [3.63, 3.8) is 0 Å². The van der Waals surface area contributed by atoms with Crippen molar-refractivity contribution in [1.82, 2.24) is 19.8 Å². The summed E-state index contributed by atoms with van der Waals surface area (Å²) in [6.07, 6.45) is 1.89. The summed E-state index contributed by atoms with van der Waals surface area (Å²) in [5.41, 5.74) is 0.502. The summed E-state index contributed by atoms with van der Waals surface area (Å²) in [5.74, 6) is 1.80. The summed E-state index contributed by atoms with van der Waals surface area (Å²) in [4.78, 5) is 28.6. The molecule has 0 aromatic carbocycles. The molecule has 0 N–H and O–H groups in total. The highest BCUT2D eigenvalue weighted by atomic mass is 16.5. The third-order valence-electron chi connectivity index (χ3n) is 5.19. The number of amides is 1. The quantitative estimate of drug-likeness (QED) is 0.810. The Balaban J connectivity index is 1.82. The molecule has 0 saturated carbocycles. The van der Waals surface area contributed by atoms with Gasteiger partial charge in [-0.3, -0.25) is 9.69 Å². The zero-order valence-electron chi connectivity index (χ0n) is 15.8. The van der Waals surface area contributed by atoms with E-state index >= 15 is 0 Å². The summed E-state index contributed by atoms with van der Waals surface area (Å²) in [7, 11) is 3.95. The predicted molar refractivity (Wildman–Crippen MR) is 96.7 cm³/mol. The number of aromatic nitrogens is 2. The normalized spacial score (nSPS) is 24.6. The minimum Gasteiger partial charge on any atom is -0.379 e. The van der Waals surface area contributed by atoms with Crippen LogP contribution in [0.1, 0.15) is 31.3 Å². The van der Waals surface area contributed by atoms with Crippen LogP contribution in [0.15, 0.2) is 6.07 Å². The van der Waals surface area contributed by atoms with Gasteiger partial charge < -0.3 is 14.5 Å². The van der Waals surface area contributed by atoms with Crippen LogP contribution in [-0.2, 0) is 15.1 Å². The molecule has 2 aliphatic heterocycles. The first-order valence-corrected chi connectivity index (χ1v) is 9.04. The van der Waals surface area contributed by atoms with Gasteiger partial charge in [-0.25, -0.2) is 9.97 Å². The number of carbonyl (C=O) groups is 1. The van der Waals surface area contributed by atoms with Crippen LogP contribution in [0.25, 0.3) is 0 Å². The zero-order valence-corrected chi connectivity index (χ0v) is 15.8. The maximum atomic E-state index is 13.0. The largest absolute Gasteiger partial charge is 0.379 e. The van der Waals surface area contributed by atoms with Gasteiger partial charge in [0.15, 0.2) is 5.82 Å². The molecule has 0 spiro atoms. The molecule has 138 valence electrons. The standard InChI is InChI=1S/C18H29N5O2/c1-14-12-15(21(3)4)20-17(19-14)18(2)6-5-7-23(18)16(24)13-22-8-10-25-11-9-22/h12H,5-11,13H2,1-4H3/t18-/m0/s1. The van der Waals surface area contributed by atoms with Gasteiger partial charge in [-0.05, 0) is 26.7 Å². The van der Waals surface area contributed by atoms with E-state index in [1.807, 2.05) is 36.9 Å². The molecule has 1 atom stereocenters. The van der Waals surface area contributed by atoms with E-state index < -0.39 is 5.54 Å². The van der Waals surface area contributed by atoms with Gasteiger partial charge in [0, 0.05) is 45.5 Å². The Morgan fingerprint density at radius 3 is 2.68 bits per heavy atom. The van der Waals surface area contributed by atoms with Crippen LogP contribution in [0.4, 0.5) is 5.82 Å². The molecule has 0 unspecified atom stereocenters. The van der Waals surface area contributed by atoms with Crippen LogP contribution in [0.5, 0.6) is 0 Å². The highest BCUT2D eigenvalue weighted by Crippen LogP contribution is 2.37. The monoisotopic (exact) mass is 347 g/mol. The highest BCUT2D eigenvalue weighted by molar-refractivity contribution is 5.79. The Labute approximate surface area is 150 Å². The van der Waals surface area contributed by atoms with Crippen molar-refractivity contribution in [3.8, 4) is 0 Å². The number of likely N-dealkylation sites (tertiary alicyclic amines) is 1. The summed E-state index contributed by atoms with van der Waals surface area (Å²) >= 11 is 0. The third-order valence-corrected chi connectivity index (χ3v) is 5.19. The number of hydrogen-bond acceptors (Lipinski definition) is 6. The topological polar surface area (TPSA) is 61.8 Å². The molecule has 7 nitrogen and oxygen atoms in total. The molecule has 0 radical (unpaired) electrons. The average Bonchev–Trinajstić information content (AvgIpc) is 2.98. The van der Waals surface area contributed by atoms with Crippen LogP contribution in [0, 0.1) is 6.92 Å². The molecule has 1 aromatic heterocycles. The number of anilines is 1. The van der Waals surface area contributed by atoms with E-state index in [4.69, 9.17) is 9.72 Å². The Morgan fingerprint density at radius 1 is 1.28 bits per heavy atom. The van der Waals surface area contributed by atoms with Gasteiger partial charge in [-0.2, -0.15) is 0 Å². The first-order valence-electron chi connectivity index (χ1n) is 9.04. The number of hydrogen-bond donors (Lipinski definition) is 0. The molecule has 0 aliphatic carbocycles. The Morgan fingerprint density at radius 2 is 2.00 bits per heavy atom. The van der Waals surface area contributed by atoms with Crippen LogP contribution in [0.3, 0.4) is 0 Å². The van der Waals surface area contributed by atoms with Gasteiger partial charge >= 0.3 is 0 Å². The third kappa shape index (κ3) is 3.77. The van der Waals surface area contributed by atoms with Gasteiger partial charge in [0.25, 0.3) is 0 Å². The van der Waals surface area contributed by atoms with Gasteiger partial charge in [0.1, 0.15) is 5.82 Å². The first kappa shape index (κ1) is 18.1. The average molecular weight is 347 g/mol. The van der Waals surface area contributed by atoms with E-state index in [2.05, 4.69) is 16.8 Å². The maximum absolute atomic E-state index is 13.0. The van der Waals surface area contributed by atoms with E-state index in [1.165, 1.54) is 0 Å². The van der Waals surface area contributed by atoms with Crippen molar-refractivity contribution in [1.29, 1.82) is 0 Å². The second kappa shape index (κ2) is 7.25. The van der Waals surface area contributed by atoms with Crippen LogP contribution in [-0.4, -0.2) is 79.2 Å². The van der Waals surface area contributed by atoms with E-state index in [9.17, 15) is 4.79 Å². The minimum atomic E-state index is -0.430. The molecule has 2 aliphatic rings. The van der Waals surface area contributed by atoms with Gasteiger partial charge in [0.2, 0.25) is 5.91 Å². The highest BCUT2D eigenvalue weighted by Gasteiger charge is 2.43. The molecular formula is C18H29N5O2. The Bertz CT molecular complexity index is 630. The molecule has 2 saturated heterocycles. The molecular weight excluding hydrogens is 318 g/mol. The molecule has 1 aromatic rings. The maximum Gasteiger partial charge on any atom is 0.237 e. The smallest absolute Gasteiger partial charge is 0.237 e. The fourth-order valence-corrected chi connectivity index (χ4v) is 3.65. The lowest BCUT2D eigenvalue weighted by Gasteiger charge is -2.36. The number of ether oxygens (including phenoxy) is 1. The Kier molecular flexibility index (Phi) is 5.24. The first-order chi connectivity index (χ1) is 11.9. The molecule has 3 rings (SSSR count). The SMILES string of the molecule is Cc1cc(N(C)C)nc([C@]2(C)CCCN2C(=O)CN2CCOCC2)n1. The molecule has 3 heterocycles. The number of carbonyl (C=O) groups excluding carboxylic acids is 1. The number of nitrogens with zero attached hydrogens (tertiary/aromatic N) is 5. The lowest BCUT2D eigenvalue weighted by Crippen LogP contribution is -2.50. The van der Waals surface area contributed by atoms with E-state index in [-0.39, 0.29) is 5.91 Å². The summed E-state index contributed by atoms with van der Waals surface area (Å²) in [5, 5.41) is 0. The second-order valence-corrected chi connectivity index (χ2v) is 7.40. The second-order valence-electron chi connectivity index (χ2n) is 7.40. The predicted octanol–water partition coefficient (Wildman–Crippen LogP) is 1.02. The van der Waals surface area contributed by atoms with Crippen LogP contribution >= 0.6 is 0 Å². The lowest BCUT2D eigenvalue weighted by molar-refractivity contribution is -0.137. The van der Waals surface area contributed by atoms with Crippen molar-refractivity contribution in [3.05, 3.63) is 17.6 Å². The fourth-order valence-electron chi connectivity index (χ4n) is 3.65. The minimum absolute atomic E-state index is 0.165. The summed E-state index contributed by atoms with van der Waals surface area (Å²) < 4.78 is 5.37. The van der Waals surface area contributed by atoms with E-state index in [0.717, 1.165) is 49.8 Å². The van der Waals surface area contributed by atoms with Gasteiger partial charge in [-0.1, -0.05) is 0 Å². The van der Waals surface area contributed by atoms with Crippen molar-refractivity contribution in [2.75, 3.05) is 58.4 Å². The summed E-state index contributed by atoms with van der Waals surface area (Å²) in [6, 6.07) is 1.97. The molecule has 25 heavy (non-hydrogen) atoms. The fraction of sp³-hybridized carbons (Fsp3) is 0.722. The van der Waals surface area contributed by atoms with Crippen molar-refractivity contribution in [2.24, 2.45) is 0 Å².